The van der Waals surface area contributed by atoms with Crippen molar-refractivity contribution in [1.29, 1.82) is 0 Å². The Labute approximate surface area is 136 Å². The van der Waals surface area contributed by atoms with Gasteiger partial charge in [0, 0.05) is 10.4 Å². The summed E-state index contributed by atoms with van der Waals surface area (Å²) in [5.74, 6) is -6.39. The van der Waals surface area contributed by atoms with Gasteiger partial charge in [-0.1, -0.05) is 42.5 Å². The summed E-state index contributed by atoms with van der Waals surface area (Å²) in [4.78, 5) is 36.2. The van der Waals surface area contributed by atoms with Crippen molar-refractivity contribution in [3.05, 3.63) is 35.9 Å². The molecule has 0 aromatic heterocycles. The first-order chi connectivity index (χ1) is 10.6. The van der Waals surface area contributed by atoms with Crippen molar-refractivity contribution >= 4 is 44.8 Å². The van der Waals surface area contributed by atoms with Gasteiger partial charge in [0.1, 0.15) is 5.92 Å². The second-order valence-electron chi connectivity index (χ2n) is 4.89. The van der Waals surface area contributed by atoms with Crippen LogP contribution in [0.3, 0.4) is 0 Å². The number of hydroxylamine groups is 2. The van der Waals surface area contributed by atoms with Crippen LogP contribution in [0.15, 0.2) is 30.3 Å². The van der Waals surface area contributed by atoms with Gasteiger partial charge in [-0.3, -0.25) is 24.1 Å². The van der Waals surface area contributed by atoms with Gasteiger partial charge in [-0.15, -0.1) is 0 Å². The maximum Gasteiger partial charge on any atom is 0.286 e. The summed E-state index contributed by atoms with van der Waals surface area (Å²) in [6.45, 7) is 0.999. The molecule has 0 saturated carbocycles. The van der Waals surface area contributed by atoms with Gasteiger partial charge in [0.25, 0.3) is 21.9 Å². The predicted molar refractivity (Wildman–Crippen MR) is 80.5 cm³/mol. The molecule has 2 unspecified atom stereocenters. The lowest BCUT2D eigenvalue weighted by molar-refractivity contribution is -0.172. The van der Waals surface area contributed by atoms with Gasteiger partial charge in [0.05, 0.1) is 0 Å². The Morgan fingerprint density at radius 3 is 2.22 bits per heavy atom. The zero-order chi connectivity index (χ0) is 17.6. The molecule has 1 fully saturated rings. The van der Waals surface area contributed by atoms with Gasteiger partial charge in [-0.2, -0.15) is 13.5 Å². The number of rotatable bonds is 4. The maximum atomic E-state index is 12.6. The summed E-state index contributed by atoms with van der Waals surface area (Å²) in [6.07, 6.45) is 0. The highest BCUT2D eigenvalue weighted by atomic mass is 32.2. The molecule has 23 heavy (non-hydrogen) atoms. The minimum Gasteiger partial charge on any atom is -0.293 e. The van der Waals surface area contributed by atoms with Crippen LogP contribution in [-0.2, 0) is 19.7 Å². The molecule has 1 saturated heterocycles. The number of hydrogen-bond donors (Lipinski definition) is 2. The number of benzene rings is 1. The Hall–Kier alpha value is -2.01. The average Bonchev–Trinajstić information content (AvgIpc) is 2.69. The van der Waals surface area contributed by atoms with Crippen LogP contribution in [0.5, 0.6) is 0 Å². The van der Waals surface area contributed by atoms with E-state index in [2.05, 4.69) is 0 Å². The standard InChI is InChI=1S/C13H11NO7S2/c1-7(22)13(23(19,20)21)9(11(16)14(18)12(13)17)10(15)8-5-3-2-4-6-8/h2-6,9,18H,1H3,(H,19,20,21). The molecule has 2 amide bonds. The van der Waals surface area contributed by atoms with Crippen molar-refractivity contribution in [3.8, 4) is 0 Å². The largest absolute Gasteiger partial charge is 0.293 e. The second-order valence-corrected chi connectivity index (χ2v) is 7.09. The van der Waals surface area contributed by atoms with Crippen molar-refractivity contribution < 1.29 is 32.6 Å². The summed E-state index contributed by atoms with van der Waals surface area (Å²) >= 11 is 4.74. The summed E-state index contributed by atoms with van der Waals surface area (Å²) in [5.41, 5.74) is -0.0711. The molecule has 2 rings (SSSR count). The number of Topliss-reactive ketones (excluding diaryl/α,β-unsaturated/α-hetero) is 1. The fourth-order valence-electron chi connectivity index (χ4n) is 2.54. The predicted octanol–water partition coefficient (Wildman–Crippen LogP) is 0.260. The van der Waals surface area contributed by atoms with E-state index in [0.717, 1.165) is 6.92 Å². The van der Waals surface area contributed by atoms with E-state index in [1.54, 1.807) is 6.07 Å². The molecule has 2 atom stereocenters. The van der Waals surface area contributed by atoms with E-state index in [9.17, 15) is 32.6 Å². The van der Waals surface area contributed by atoms with Crippen LogP contribution < -0.4 is 0 Å². The number of imide groups is 1. The summed E-state index contributed by atoms with van der Waals surface area (Å²) in [7, 11) is -5.31. The number of thiocarbonyl (C=S) groups is 1. The molecule has 0 radical (unpaired) electrons. The normalized spacial score (nSPS) is 24.8. The Morgan fingerprint density at radius 2 is 1.78 bits per heavy atom. The first kappa shape index (κ1) is 17.3. The topological polar surface area (TPSA) is 129 Å². The van der Waals surface area contributed by atoms with Crippen molar-refractivity contribution in [2.75, 3.05) is 0 Å². The minimum absolute atomic E-state index is 0.0711. The fraction of sp³-hybridized carbons (Fsp3) is 0.231. The van der Waals surface area contributed by atoms with Gasteiger partial charge >= 0.3 is 0 Å². The van der Waals surface area contributed by atoms with Crippen molar-refractivity contribution in [3.63, 3.8) is 0 Å². The third-order valence-corrected chi connectivity index (χ3v) is 5.60. The lowest BCUT2D eigenvalue weighted by Gasteiger charge is -2.26. The van der Waals surface area contributed by atoms with Crippen LogP contribution in [0.4, 0.5) is 0 Å². The smallest absolute Gasteiger partial charge is 0.286 e. The number of ketones is 1. The molecule has 0 aliphatic carbocycles. The van der Waals surface area contributed by atoms with Gasteiger partial charge in [-0.05, 0) is 6.92 Å². The highest BCUT2D eigenvalue weighted by Crippen LogP contribution is 2.39. The van der Waals surface area contributed by atoms with Crippen LogP contribution in [0, 0.1) is 5.92 Å². The quantitative estimate of drug-likeness (QED) is 0.196. The molecule has 1 aliphatic rings. The molecular formula is C13H11NO7S2. The SMILES string of the molecule is CC(=S)C1(S(=O)(=O)O)C(=O)N(O)C(=O)C1C(=O)c1ccccc1. The van der Waals surface area contributed by atoms with Crippen molar-refractivity contribution in [1.82, 2.24) is 5.06 Å². The molecule has 2 N–H and O–H groups in total. The number of carbonyl (C=O) groups excluding carboxylic acids is 3. The molecule has 1 heterocycles. The average molecular weight is 357 g/mol. The molecule has 1 aromatic carbocycles. The summed E-state index contributed by atoms with van der Waals surface area (Å²) in [5, 5.41) is 9.04. The molecule has 8 nitrogen and oxygen atoms in total. The first-order valence-corrected chi connectivity index (χ1v) is 8.06. The summed E-state index contributed by atoms with van der Waals surface area (Å²) in [6, 6.07) is 7.10. The third kappa shape index (κ3) is 2.30. The zero-order valence-electron chi connectivity index (χ0n) is 11.7. The Kier molecular flexibility index (Phi) is 4.20. The molecular weight excluding hydrogens is 346 g/mol. The third-order valence-electron chi connectivity index (χ3n) is 3.62. The van der Waals surface area contributed by atoms with E-state index in [1.807, 2.05) is 0 Å². The molecule has 0 bridgehead atoms. The summed E-state index contributed by atoms with van der Waals surface area (Å²) < 4.78 is 30.2. The van der Waals surface area contributed by atoms with Crippen molar-refractivity contribution in [2.24, 2.45) is 5.92 Å². The van der Waals surface area contributed by atoms with Crippen LogP contribution >= 0.6 is 12.2 Å². The molecule has 10 heteroatoms. The van der Waals surface area contributed by atoms with Gasteiger partial charge in [-0.25, -0.2) is 0 Å². The number of hydrogen-bond acceptors (Lipinski definition) is 7. The lowest BCUT2D eigenvalue weighted by Crippen LogP contribution is -2.56. The van der Waals surface area contributed by atoms with E-state index < -0.39 is 48.3 Å². The van der Waals surface area contributed by atoms with Crippen molar-refractivity contribution in [2.45, 2.75) is 11.7 Å². The molecule has 0 spiro atoms. The molecule has 1 aliphatic heterocycles. The molecule has 1 aromatic rings. The maximum absolute atomic E-state index is 12.6. The van der Waals surface area contributed by atoms with Crippen LogP contribution in [0.1, 0.15) is 17.3 Å². The van der Waals surface area contributed by atoms with Gasteiger partial charge in [0.2, 0.25) is 4.75 Å². The number of nitrogens with zero attached hydrogens (tertiary/aromatic N) is 1. The van der Waals surface area contributed by atoms with Crippen LogP contribution in [0.2, 0.25) is 0 Å². The highest BCUT2D eigenvalue weighted by Gasteiger charge is 2.71. The van der Waals surface area contributed by atoms with E-state index in [-0.39, 0.29) is 5.56 Å². The Bertz CT molecular complexity index is 818. The van der Waals surface area contributed by atoms with E-state index in [4.69, 9.17) is 12.2 Å². The van der Waals surface area contributed by atoms with E-state index >= 15 is 0 Å². The van der Waals surface area contributed by atoms with Gasteiger partial charge < -0.3 is 0 Å². The second kappa shape index (κ2) is 5.57. The number of carbonyl (C=O) groups is 3. The Balaban J connectivity index is 2.77. The van der Waals surface area contributed by atoms with E-state index in [0.29, 0.717) is 0 Å². The lowest BCUT2D eigenvalue weighted by atomic mass is 9.85. The minimum atomic E-state index is -5.31. The van der Waals surface area contributed by atoms with Crippen LogP contribution in [-0.4, -0.2) is 50.5 Å². The zero-order valence-corrected chi connectivity index (χ0v) is 13.3. The molecule has 122 valence electrons. The highest BCUT2D eigenvalue weighted by molar-refractivity contribution is 7.92. The van der Waals surface area contributed by atoms with E-state index in [1.165, 1.54) is 24.3 Å². The first-order valence-electron chi connectivity index (χ1n) is 6.21. The fourth-order valence-corrected chi connectivity index (χ4v) is 4.23. The van der Waals surface area contributed by atoms with Gasteiger partial charge in [0.15, 0.2) is 5.78 Å². The Morgan fingerprint density at radius 1 is 1.26 bits per heavy atom. The monoisotopic (exact) mass is 357 g/mol. The number of amides is 2. The van der Waals surface area contributed by atoms with Crippen LogP contribution in [0.25, 0.3) is 0 Å².